The van der Waals surface area contributed by atoms with Crippen molar-refractivity contribution in [3.63, 3.8) is 0 Å². The van der Waals surface area contributed by atoms with Crippen molar-refractivity contribution >= 4 is 5.97 Å². The summed E-state index contributed by atoms with van der Waals surface area (Å²) in [4.78, 5) is 10.8. The molecule has 0 aromatic carbocycles. The number of ether oxygens (including phenoxy) is 4. The van der Waals surface area contributed by atoms with Gasteiger partial charge in [-0.25, -0.2) is 4.79 Å². The molecule has 20 heavy (non-hydrogen) atoms. The standard InChI is InChI=1S/C13H25NO6/c1-5-12(16)19-7-11(15)8-20-13(3,4)14-9-18-10-17-6-2/h5,11,14-15H,1,6-10H2,2-4H3. The Kier molecular flexibility index (Phi) is 10.2. The topological polar surface area (TPSA) is 86.3 Å². The summed E-state index contributed by atoms with van der Waals surface area (Å²) in [6, 6.07) is 0. The van der Waals surface area contributed by atoms with Crippen molar-refractivity contribution < 1.29 is 28.8 Å². The molecule has 0 radical (unpaired) electrons. The van der Waals surface area contributed by atoms with E-state index in [1.807, 2.05) is 6.92 Å². The first kappa shape index (κ1) is 19.0. The number of hydrogen-bond donors (Lipinski definition) is 2. The van der Waals surface area contributed by atoms with Crippen LogP contribution in [-0.4, -0.2) is 56.2 Å². The number of rotatable bonds is 12. The lowest BCUT2D eigenvalue weighted by Gasteiger charge is -2.27. The zero-order valence-electron chi connectivity index (χ0n) is 12.4. The van der Waals surface area contributed by atoms with Crippen molar-refractivity contribution in [1.82, 2.24) is 5.32 Å². The van der Waals surface area contributed by atoms with E-state index >= 15 is 0 Å². The van der Waals surface area contributed by atoms with Crippen molar-refractivity contribution in [1.29, 1.82) is 0 Å². The molecule has 0 aliphatic heterocycles. The summed E-state index contributed by atoms with van der Waals surface area (Å²) in [5, 5.41) is 12.6. The summed E-state index contributed by atoms with van der Waals surface area (Å²) < 4.78 is 20.3. The largest absolute Gasteiger partial charge is 0.460 e. The molecule has 1 atom stereocenters. The molecule has 0 bridgehead atoms. The Labute approximate surface area is 119 Å². The number of aliphatic hydroxyl groups excluding tert-OH is 1. The predicted octanol–water partition coefficient (Wildman–Crippen LogP) is 0.387. The average molecular weight is 291 g/mol. The molecule has 7 nitrogen and oxygen atoms in total. The lowest BCUT2D eigenvalue weighted by molar-refractivity contribution is -0.145. The molecule has 0 spiro atoms. The van der Waals surface area contributed by atoms with Crippen molar-refractivity contribution in [2.75, 3.05) is 33.3 Å². The van der Waals surface area contributed by atoms with E-state index in [1.54, 1.807) is 13.8 Å². The Hall–Kier alpha value is -0.990. The Bertz CT molecular complexity index is 282. The number of aliphatic hydroxyl groups is 1. The molecular weight excluding hydrogens is 266 g/mol. The van der Waals surface area contributed by atoms with Gasteiger partial charge in [0.2, 0.25) is 0 Å². The van der Waals surface area contributed by atoms with Gasteiger partial charge in [0, 0.05) is 12.7 Å². The van der Waals surface area contributed by atoms with Gasteiger partial charge >= 0.3 is 5.97 Å². The second kappa shape index (κ2) is 10.8. The molecule has 2 N–H and O–H groups in total. The fraction of sp³-hybridized carbons (Fsp3) is 0.769. The molecule has 0 rings (SSSR count). The van der Waals surface area contributed by atoms with Crippen LogP contribution < -0.4 is 5.32 Å². The quantitative estimate of drug-likeness (QED) is 0.233. The molecule has 0 aromatic heterocycles. The van der Waals surface area contributed by atoms with Crippen LogP contribution in [-0.2, 0) is 23.7 Å². The van der Waals surface area contributed by atoms with Gasteiger partial charge in [0.25, 0.3) is 0 Å². The highest BCUT2D eigenvalue weighted by Gasteiger charge is 2.19. The van der Waals surface area contributed by atoms with Crippen LogP contribution in [0, 0.1) is 0 Å². The van der Waals surface area contributed by atoms with Crippen LogP contribution in [0.2, 0.25) is 0 Å². The maximum absolute atomic E-state index is 10.8. The second-order valence-electron chi connectivity index (χ2n) is 4.45. The van der Waals surface area contributed by atoms with Gasteiger partial charge in [-0.1, -0.05) is 6.58 Å². The molecular formula is C13H25NO6. The van der Waals surface area contributed by atoms with Gasteiger partial charge in [-0.15, -0.1) is 0 Å². The minimum Gasteiger partial charge on any atom is -0.460 e. The molecule has 118 valence electrons. The minimum atomic E-state index is -0.899. The van der Waals surface area contributed by atoms with E-state index in [0.29, 0.717) is 6.61 Å². The Morgan fingerprint density at radius 3 is 2.70 bits per heavy atom. The molecule has 7 heteroatoms. The van der Waals surface area contributed by atoms with Crippen LogP contribution in [0.3, 0.4) is 0 Å². The van der Waals surface area contributed by atoms with E-state index in [-0.39, 0.29) is 26.7 Å². The van der Waals surface area contributed by atoms with Crippen molar-refractivity contribution in [3.8, 4) is 0 Å². The third-order valence-electron chi connectivity index (χ3n) is 2.19. The average Bonchev–Trinajstić information content (AvgIpc) is 2.42. The van der Waals surface area contributed by atoms with E-state index in [1.165, 1.54) is 0 Å². The van der Waals surface area contributed by atoms with Gasteiger partial charge in [0.05, 0.1) is 6.61 Å². The Morgan fingerprint density at radius 2 is 2.10 bits per heavy atom. The summed E-state index contributed by atoms with van der Waals surface area (Å²) in [5.74, 6) is -0.578. The molecule has 0 aliphatic carbocycles. The fourth-order valence-electron chi connectivity index (χ4n) is 1.05. The molecule has 1 unspecified atom stereocenters. The summed E-state index contributed by atoms with van der Waals surface area (Å²) in [6.07, 6.45) is 0.138. The van der Waals surface area contributed by atoms with Crippen molar-refractivity contribution in [2.24, 2.45) is 0 Å². The smallest absolute Gasteiger partial charge is 0.330 e. The fourth-order valence-corrected chi connectivity index (χ4v) is 1.05. The minimum absolute atomic E-state index is 0.0237. The maximum atomic E-state index is 10.8. The monoisotopic (exact) mass is 291 g/mol. The Morgan fingerprint density at radius 1 is 1.40 bits per heavy atom. The van der Waals surface area contributed by atoms with Gasteiger partial charge < -0.3 is 24.1 Å². The molecule has 0 aromatic rings. The molecule has 0 amide bonds. The third-order valence-corrected chi connectivity index (χ3v) is 2.19. The molecule has 0 saturated carbocycles. The highest BCUT2D eigenvalue weighted by molar-refractivity contribution is 5.81. The molecule has 0 aliphatic rings. The lowest BCUT2D eigenvalue weighted by Crippen LogP contribution is -2.45. The number of nitrogens with one attached hydrogen (secondary N) is 1. The molecule has 0 fully saturated rings. The number of hydrogen-bond acceptors (Lipinski definition) is 7. The van der Waals surface area contributed by atoms with E-state index in [4.69, 9.17) is 18.9 Å². The first-order chi connectivity index (χ1) is 9.41. The van der Waals surface area contributed by atoms with Gasteiger partial charge in [-0.2, -0.15) is 0 Å². The van der Waals surface area contributed by atoms with Gasteiger partial charge in [-0.3, -0.25) is 5.32 Å². The first-order valence-corrected chi connectivity index (χ1v) is 6.43. The molecule has 0 heterocycles. The highest BCUT2D eigenvalue weighted by Crippen LogP contribution is 2.05. The zero-order chi connectivity index (χ0) is 15.4. The second-order valence-corrected chi connectivity index (χ2v) is 4.45. The van der Waals surface area contributed by atoms with Crippen LogP contribution in [0.1, 0.15) is 20.8 Å². The van der Waals surface area contributed by atoms with Gasteiger partial charge in [0.1, 0.15) is 32.0 Å². The van der Waals surface area contributed by atoms with E-state index in [0.717, 1.165) is 6.08 Å². The first-order valence-electron chi connectivity index (χ1n) is 6.43. The summed E-state index contributed by atoms with van der Waals surface area (Å²) >= 11 is 0. The van der Waals surface area contributed by atoms with Crippen molar-refractivity contribution in [2.45, 2.75) is 32.6 Å². The normalized spacial score (nSPS) is 13.0. The van der Waals surface area contributed by atoms with Crippen LogP contribution in [0.15, 0.2) is 12.7 Å². The van der Waals surface area contributed by atoms with Gasteiger partial charge in [-0.05, 0) is 20.8 Å². The highest BCUT2D eigenvalue weighted by atomic mass is 16.7. The maximum Gasteiger partial charge on any atom is 0.330 e. The van der Waals surface area contributed by atoms with Crippen LogP contribution >= 0.6 is 0 Å². The Balaban J connectivity index is 3.73. The van der Waals surface area contributed by atoms with Crippen LogP contribution in [0.5, 0.6) is 0 Å². The third kappa shape index (κ3) is 10.9. The van der Waals surface area contributed by atoms with E-state index < -0.39 is 17.8 Å². The van der Waals surface area contributed by atoms with Gasteiger partial charge in [0.15, 0.2) is 0 Å². The number of carbonyl (C=O) groups excluding carboxylic acids is 1. The lowest BCUT2D eigenvalue weighted by atomic mass is 10.3. The number of carbonyl (C=O) groups is 1. The van der Waals surface area contributed by atoms with Crippen molar-refractivity contribution in [3.05, 3.63) is 12.7 Å². The van der Waals surface area contributed by atoms with E-state index in [2.05, 4.69) is 11.9 Å². The van der Waals surface area contributed by atoms with Crippen LogP contribution in [0.25, 0.3) is 0 Å². The predicted molar refractivity (Wildman–Crippen MR) is 72.8 cm³/mol. The SMILES string of the molecule is C=CC(=O)OCC(O)COC(C)(C)NCOCOCC. The summed E-state index contributed by atoms with van der Waals surface area (Å²) in [7, 11) is 0. The summed E-state index contributed by atoms with van der Waals surface area (Å²) in [6.45, 7) is 9.66. The van der Waals surface area contributed by atoms with E-state index in [9.17, 15) is 9.90 Å². The zero-order valence-corrected chi connectivity index (χ0v) is 12.4. The molecule has 0 saturated heterocycles. The number of esters is 1. The van der Waals surface area contributed by atoms with Crippen LogP contribution in [0.4, 0.5) is 0 Å². The summed E-state index contributed by atoms with van der Waals surface area (Å²) in [5.41, 5.74) is -0.685.